The Bertz CT molecular complexity index is 57.2. The molecule has 0 aromatic rings. The highest BCUT2D eigenvalue weighted by molar-refractivity contribution is 14.1. The van der Waals surface area contributed by atoms with Crippen LogP contribution in [0.1, 0.15) is 13.8 Å². The van der Waals surface area contributed by atoms with E-state index < -0.39 is 0 Å². The predicted octanol–water partition coefficient (Wildman–Crippen LogP) is 0.564. The highest BCUT2D eigenvalue weighted by Crippen LogP contribution is 1.98. The molecule has 0 aliphatic heterocycles. The first-order chi connectivity index (χ1) is 3.72. The smallest absolute Gasteiger partial charge is 0.159 e. The van der Waals surface area contributed by atoms with Crippen LogP contribution in [-0.2, 0) is 0 Å². The molecule has 0 aromatic heterocycles. The van der Waals surface area contributed by atoms with Gasteiger partial charge in [-0.3, -0.25) is 0 Å². The van der Waals surface area contributed by atoms with Crippen molar-refractivity contribution >= 4 is 57.9 Å². The summed E-state index contributed by atoms with van der Waals surface area (Å²) in [5, 5.41) is 0. The zero-order chi connectivity index (χ0) is 6.57. The summed E-state index contributed by atoms with van der Waals surface area (Å²) in [5.74, 6) is 0. The third-order valence-corrected chi connectivity index (χ3v) is 15.2. The molecule has 0 saturated heterocycles. The normalized spacial score (nSPS) is 14.2. The van der Waals surface area contributed by atoms with Crippen molar-refractivity contribution in [1.82, 2.24) is 4.23 Å². The second kappa shape index (κ2) is 5.62. The fourth-order valence-corrected chi connectivity index (χ4v) is 18.5. The Hall–Kier alpha value is 1.85. The molecule has 0 unspecified atom stereocenters. The topological polar surface area (TPSA) is 3.24 Å². The molecule has 0 rings (SSSR count). The zero-order valence-corrected chi connectivity index (χ0v) is 12.3. The van der Waals surface area contributed by atoms with Gasteiger partial charge in [0.25, 0.3) is 0 Å². The number of nitrogens with zero attached hydrogens (tertiary/aromatic N) is 1. The van der Waals surface area contributed by atoms with E-state index in [-0.39, 0.29) is 14.4 Å². The number of hydrogen-bond donors (Lipinski definition) is 0. The van der Waals surface area contributed by atoms with Crippen LogP contribution in [0.25, 0.3) is 0 Å². The van der Waals surface area contributed by atoms with E-state index in [9.17, 15) is 0 Å². The fraction of sp³-hybridized carbons (Fsp3) is 1.00. The third-order valence-electron chi connectivity index (χ3n) is 1.04. The maximum absolute atomic E-state index is 2.67. The largest absolute Gasteiger partial charge is 0.337 e. The molecule has 8 heavy (non-hydrogen) atoms. The lowest BCUT2D eigenvalue weighted by molar-refractivity contribution is 0.567. The van der Waals surface area contributed by atoms with Crippen LogP contribution in [0.2, 0.25) is 0 Å². The molecule has 0 fully saturated rings. The molecule has 0 spiro atoms. The maximum atomic E-state index is 2.67. The summed E-state index contributed by atoms with van der Waals surface area (Å²) in [4.78, 5) is 0. The second-order valence-corrected chi connectivity index (χ2v) is 9.01. The van der Waals surface area contributed by atoms with E-state index in [1.54, 1.807) is 0 Å². The van der Waals surface area contributed by atoms with Gasteiger partial charge in [0.15, 0.2) is 14.4 Å². The molecule has 0 atom stereocenters. The van der Waals surface area contributed by atoms with Gasteiger partial charge in [-0.15, -0.1) is 43.6 Å². The Morgan fingerprint density at radius 1 is 1.25 bits per heavy atom. The molecular formula is C3H11I2NSi2. The second-order valence-electron chi connectivity index (χ2n) is 1.92. The predicted molar refractivity (Wildman–Crippen MR) is 62.1 cm³/mol. The molecule has 0 aliphatic rings. The van der Waals surface area contributed by atoms with Crippen molar-refractivity contribution < 1.29 is 0 Å². The number of hydrogen-bond acceptors (Lipinski definition) is 1. The first-order valence-electron chi connectivity index (χ1n) is 2.58. The Kier molecular flexibility index (Phi) is 6.93. The van der Waals surface area contributed by atoms with E-state index in [2.05, 4.69) is 61.7 Å². The lowest BCUT2D eigenvalue weighted by Crippen LogP contribution is -2.32. The van der Waals surface area contributed by atoms with Crippen LogP contribution in [0.15, 0.2) is 0 Å². The van der Waals surface area contributed by atoms with Crippen LogP contribution < -0.4 is 0 Å². The van der Waals surface area contributed by atoms with E-state index in [1.807, 2.05) is 0 Å². The first kappa shape index (κ1) is 9.85. The molecular weight excluding hydrogens is 360 g/mol. The van der Waals surface area contributed by atoms with Crippen LogP contribution in [0.4, 0.5) is 0 Å². The van der Waals surface area contributed by atoms with Gasteiger partial charge in [0.1, 0.15) is 0 Å². The van der Waals surface area contributed by atoms with Gasteiger partial charge in [-0.05, 0) is 6.04 Å². The van der Waals surface area contributed by atoms with Crippen LogP contribution >= 0.6 is 43.6 Å². The van der Waals surface area contributed by atoms with Crippen LogP contribution in [-0.4, -0.2) is 24.6 Å². The third kappa shape index (κ3) is 3.80. The molecule has 5 heteroatoms. The average molecular weight is 371 g/mol. The quantitative estimate of drug-likeness (QED) is 0.398. The standard InChI is InChI=1S/C3H11I2NSi2/c1-3(2)6(7-4)8-5/h3H,7-8H2,1-2H3. The minimum atomic E-state index is 0.138. The summed E-state index contributed by atoms with van der Waals surface area (Å²) in [7, 11) is 0.276. The van der Waals surface area contributed by atoms with Gasteiger partial charge in [0.2, 0.25) is 0 Å². The minimum Gasteiger partial charge on any atom is -0.337 e. The Morgan fingerprint density at radius 2 is 1.62 bits per heavy atom. The summed E-state index contributed by atoms with van der Waals surface area (Å²) in [6.45, 7) is 4.58. The van der Waals surface area contributed by atoms with Crippen molar-refractivity contribution in [3.05, 3.63) is 0 Å². The minimum absolute atomic E-state index is 0.138. The van der Waals surface area contributed by atoms with Crippen molar-refractivity contribution in [2.75, 3.05) is 0 Å². The van der Waals surface area contributed by atoms with Crippen LogP contribution in [0.5, 0.6) is 0 Å². The first-order valence-corrected chi connectivity index (χ1v) is 14.1. The van der Waals surface area contributed by atoms with Crippen molar-refractivity contribution in [1.29, 1.82) is 0 Å². The Balaban J connectivity index is 3.35. The lowest BCUT2D eigenvalue weighted by atomic mass is 10.4. The van der Waals surface area contributed by atoms with E-state index in [1.165, 1.54) is 0 Å². The van der Waals surface area contributed by atoms with E-state index >= 15 is 0 Å². The molecule has 1 nitrogen and oxygen atoms in total. The average Bonchev–Trinajstić information content (AvgIpc) is 1.69. The van der Waals surface area contributed by atoms with Crippen molar-refractivity contribution in [3.63, 3.8) is 0 Å². The fourth-order valence-electron chi connectivity index (χ4n) is 0.308. The molecule has 0 N–H and O–H groups in total. The van der Waals surface area contributed by atoms with Crippen molar-refractivity contribution in [3.8, 4) is 0 Å². The maximum Gasteiger partial charge on any atom is 0.159 e. The summed E-state index contributed by atoms with van der Waals surface area (Å²) in [6, 6.07) is 0.821. The van der Waals surface area contributed by atoms with Gasteiger partial charge in [0, 0.05) is 0 Å². The summed E-state index contributed by atoms with van der Waals surface area (Å²) >= 11 is 5.12. The highest BCUT2D eigenvalue weighted by atomic mass is 127. The molecule has 0 heterocycles. The summed E-state index contributed by atoms with van der Waals surface area (Å²) in [5.41, 5.74) is 0. The summed E-state index contributed by atoms with van der Waals surface area (Å²) < 4.78 is 2.67. The lowest BCUT2D eigenvalue weighted by Gasteiger charge is -2.20. The SMILES string of the molecule is CC(C)N([SiH2]I)[SiH2]I. The van der Waals surface area contributed by atoms with E-state index in [0.717, 1.165) is 6.04 Å². The number of halogens is 2. The molecule has 0 aromatic carbocycles. The van der Waals surface area contributed by atoms with Gasteiger partial charge in [-0.2, -0.15) is 0 Å². The molecule has 0 bridgehead atoms. The van der Waals surface area contributed by atoms with Gasteiger partial charge in [-0.25, -0.2) is 0 Å². The molecule has 0 radical (unpaired) electrons. The molecule has 0 aliphatic carbocycles. The molecule has 0 amide bonds. The highest BCUT2D eigenvalue weighted by Gasteiger charge is 2.03. The Morgan fingerprint density at radius 3 is 1.62 bits per heavy atom. The van der Waals surface area contributed by atoms with E-state index in [4.69, 9.17) is 0 Å². The van der Waals surface area contributed by atoms with Crippen LogP contribution in [0.3, 0.4) is 0 Å². The van der Waals surface area contributed by atoms with Gasteiger partial charge in [0.05, 0.1) is 0 Å². The molecule has 50 valence electrons. The van der Waals surface area contributed by atoms with E-state index in [0.29, 0.717) is 0 Å². The Labute approximate surface area is 81.2 Å². The van der Waals surface area contributed by atoms with Gasteiger partial charge < -0.3 is 4.23 Å². The summed E-state index contributed by atoms with van der Waals surface area (Å²) in [6.07, 6.45) is 0. The van der Waals surface area contributed by atoms with Crippen molar-refractivity contribution in [2.45, 2.75) is 19.9 Å². The monoisotopic (exact) mass is 371 g/mol. The van der Waals surface area contributed by atoms with Gasteiger partial charge >= 0.3 is 0 Å². The van der Waals surface area contributed by atoms with Gasteiger partial charge in [-0.1, -0.05) is 13.8 Å². The number of rotatable bonds is 3. The zero-order valence-electron chi connectivity index (χ0n) is 5.19. The van der Waals surface area contributed by atoms with Crippen molar-refractivity contribution in [2.24, 2.45) is 0 Å². The van der Waals surface area contributed by atoms with Crippen LogP contribution in [0, 0.1) is 0 Å². The molecule has 0 saturated carbocycles.